The van der Waals surface area contributed by atoms with Gasteiger partial charge in [0.05, 0.1) is 0 Å². The molecule has 0 spiro atoms. The van der Waals surface area contributed by atoms with Gasteiger partial charge in [-0.2, -0.15) is 0 Å². The molecular formula is C23H18ClFN2O3. The summed E-state index contributed by atoms with van der Waals surface area (Å²) in [4.78, 5) is 38.5. The molecule has 1 aliphatic carbocycles. The van der Waals surface area contributed by atoms with E-state index in [1.54, 1.807) is 24.3 Å². The van der Waals surface area contributed by atoms with Gasteiger partial charge in [0.1, 0.15) is 11.4 Å². The Kier molecular flexibility index (Phi) is 5.50. The molecule has 1 amide bonds. The third kappa shape index (κ3) is 3.91. The van der Waals surface area contributed by atoms with Crippen LogP contribution in [-0.2, 0) is 13.0 Å². The highest BCUT2D eigenvalue weighted by Crippen LogP contribution is 2.24. The van der Waals surface area contributed by atoms with E-state index in [0.717, 1.165) is 5.56 Å². The van der Waals surface area contributed by atoms with Crippen molar-refractivity contribution < 1.29 is 14.0 Å². The van der Waals surface area contributed by atoms with Gasteiger partial charge in [0.2, 0.25) is 0 Å². The largest absolute Gasteiger partial charge is 0.348 e. The Balaban J connectivity index is 1.76. The molecule has 0 radical (unpaired) electrons. The highest BCUT2D eigenvalue weighted by molar-refractivity contribution is 6.30. The summed E-state index contributed by atoms with van der Waals surface area (Å²) in [6, 6.07) is 13.8. The Labute approximate surface area is 177 Å². The highest BCUT2D eigenvalue weighted by atomic mass is 35.5. The summed E-state index contributed by atoms with van der Waals surface area (Å²) in [6.45, 7) is 0.181. The van der Waals surface area contributed by atoms with Gasteiger partial charge in [0.15, 0.2) is 5.78 Å². The van der Waals surface area contributed by atoms with Crippen molar-refractivity contribution in [3.8, 4) is 5.69 Å². The zero-order chi connectivity index (χ0) is 21.3. The third-order valence-corrected chi connectivity index (χ3v) is 5.33. The molecule has 0 fully saturated rings. The zero-order valence-electron chi connectivity index (χ0n) is 16.0. The molecule has 1 heterocycles. The van der Waals surface area contributed by atoms with Gasteiger partial charge in [-0.3, -0.25) is 19.0 Å². The van der Waals surface area contributed by atoms with Crippen LogP contribution in [0.25, 0.3) is 5.69 Å². The molecule has 3 aromatic rings. The quantitative estimate of drug-likeness (QED) is 0.686. The lowest BCUT2D eigenvalue weighted by Gasteiger charge is -2.21. The van der Waals surface area contributed by atoms with Gasteiger partial charge in [0.25, 0.3) is 11.5 Å². The number of nitrogens with zero attached hydrogens (tertiary/aromatic N) is 1. The van der Waals surface area contributed by atoms with Crippen molar-refractivity contribution in [1.29, 1.82) is 0 Å². The molecule has 0 saturated heterocycles. The van der Waals surface area contributed by atoms with Crippen LogP contribution in [0.2, 0.25) is 5.02 Å². The summed E-state index contributed by atoms with van der Waals surface area (Å²) in [6.07, 6.45) is 1.50. The van der Waals surface area contributed by atoms with E-state index in [9.17, 15) is 18.8 Å². The van der Waals surface area contributed by atoms with Crippen molar-refractivity contribution in [3.05, 3.63) is 98.2 Å². The second-order valence-electron chi connectivity index (χ2n) is 7.12. The molecule has 0 aliphatic heterocycles. The molecule has 5 nitrogen and oxygen atoms in total. The average molecular weight is 425 g/mol. The van der Waals surface area contributed by atoms with Gasteiger partial charge < -0.3 is 5.32 Å². The van der Waals surface area contributed by atoms with E-state index >= 15 is 0 Å². The van der Waals surface area contributed by atoms with E-state index in [0.29, 0.717) is 41.2 Å². The Morgan fingerprint density at radius 3 is 2.57 bits per heavy atom. The predicted molar refractivity (Wildman–Crippen MR) is 112 cm³/mol. The summed E-state index contributed by atoms with van der Waals surface area (Å²) < 4.78 is 14.7. The molecule has 30 heavy (non-hydrogen) atoms. The molecule has 1 aliphatic rings. The molecular weight excluding hydrogens is 407 g/mol. The summed E-state index contributed by atoms with van der Waals surface area (Å²) in [5, 5.41) is 3.25. The number of aromatic nitrogens is 1. The number of rotatable bonds is 4. The highest BCUT2D eigenvalue weighted by Gasteiger charge is 2.26. The number of Topliss-reactive ketones (excluding diaryl/α,β-unsaturated/α-hetero) is 1. The molecule has 0 saturated carbocycles. The lowest BCUT2D eigenvalue weighted by Crippen LogP contribution is -2.35. The average Bonchev–Trinajstić information content (AvgIpc) is 2.73. The number of nitrogens with one attached hydrogen (secondary N) is 1. The maximum absolute atomic E-state index is 13.4. The monoisotopic (exact) mass is 424 g/mol. The molecule has 1 N–H and O–H groups in total. The number of hydrogen-bond acceptors (Lipinski definition) is 3. The number of ketones is 1. The SMILES string of the molecule is O=C1CCCc2c1cc(C(=O)NCc1cccc(Cl)c1)c(=O)n2-c1ccc(F)cc1. The first-order valence-corrected chi connectivity index (χ1v) is 9.92. The third-order valence-electron chi connectivity index (χ3n) is 5.09. The molecule has 7 heteroatoms. The van der Waals surface area contributed by atoms with E-state index in [4.69, 9.17) is 11.6 Å². The molecule has 0 unspecified atom stereocenters. The van der Waals surface area contributed by atoms with Crippen molar-refractivity contribution in [2.75, 3.05) is 0 Å². The van der Waals surface area contributed by atoms with E-state index in [1.165, 1.54) is 34.9 Å². The fraction of sp³-hybridized carbons (Fsp3) is 0.174. The van der Waals surface area contributed by atoms with Crippen molar-refractivity contribution in [2.45, 2.75) is 25.8 Å². The first kappa shape index (κ1) is 20.0. The maximum Gasteiger partial charge on any atom is 0.268 e. The topological polar surface area (TPSA) is 68.2 Å². The summed E-state index contributed by atoms with van der Waals surface area (Å²) >= 11 is 5.97. The van der Waals surface area contributed by atoms with Crippen LogP contribution in [0.15, 0.2) is 59.4 Å². The van der Waals surface area contributed by atoms with E-state index < -0.39 is 17.3 Å². The van der Waals surface area contributed by atoms with Crippen LogP contribution in [-0.4, -0.2) is 16.3 Å². The van der Waals surface area contributed by atoms with Gasteiger partial charge in [0, 0.05) is 34.9 Å². The van der Waals surface area contributed by atoms with Crippen LogP contribution >= 0.6 is 11.6 Å². The number of amides is 1. The molecule has 0 atom stereocenters. The van der Waals surface area contributed by atoms with E-state index in [-0.39, 0.29) is 17.9 Å². The fourth-order valence-corrected chi connectivity index (χ4v) is 3.86. The lowest BCUT2D eigenvalue weighted by atomic mass is 9.92. The minimum Gasteiger partial charge on any atom is -0.348 e. The minimum absolute atomic E-state index is 0.115. The fourth-order valence-electron chi connectivity index (χ4n) is 3.64. The molecule has 152 valence electrons. The number of halogens is 2. The van der Waals surface area contributed by atoms with Crippen LogP contribution in [0.5, 0.6) is 0 Å². The predicted octanol–water partition coefficient (Wildman–Crippen LogP) is 4.08. The van der Waals surface area contributed by atoms with Crippen molar-refractivity contribution in [1.82, 2.24) is 9.88 Å². The smallest absolute Gasteiger partial charge is 0.268 e. The molecule has 1 aromatic heterocycles. The number of hydrogen-bond donors (Lipinski definition) is 1. The van der Waals surface area contributed by atoms with Gasteiger partial charge in [-0.25, -0.2) is 4.39 Å². The number of carbonyl (C=O) groups is 2. The van der Waals surface area contributed by atoms with Crippen LogP contribution < -0.4 is 10.9 Å². The van der Waals surface area contributed by atoms with Crippen LogP contribution in [0.3, 0.4) is 0 Å². The van der Waals surface area contributed by atoms with E-state index in [1.807, 2.05) is 0 Å². The Morgan fingerprint density at radius 1 is 1.07 bits per heavy atom. The lowest BCUT2D eigenvalue weighted by molar-refractivity contribution is 0.0949. The van der Waals surface area contributed by atoms with Gasteiger partial charge >= 0.3 is 0 Å². The minimum atomic E-state index is -0.586. The zero-order valence-corrected chi connectivity index (χ0v) is 16.7. The van der Waals surface area contributed by atoms with Crippen molar-refractivity contribution in [3.63, 3.8) is 0 Å². The summed E-state index contributed by atoms with van der Waals surface area (Å²) in [7, 11) is 0. The first-order chi connectivity index (χ1) is 14.4. The molecule has 4 rings (SSSR count). The van der Waals surface area contributed by atoms with Gasteiger partial charge in [-0.1, -0.05) is 23.7 Å². The standard InChI is InChI=1S/C23H18ClFN2O3/c24-15-4-1-3-14(11-15)13-26-22(29)19-12-18-20(5-2-6-21(18)28)27(23(19)30)17-9-7-16(25)8-10-17/h1,3-4,7-12H,2,5-6,13H2,(H,26,29). The molecule has 2 aromatic carbocycles. The van der Waals surface area contributed by atoms with Crippen molar-refractivity contribution >= 4 is 23.3 Å². The summed E-state index contributed by atoms with van der Waals surface area (Å²) in [5.74, 6) is -1.14. The van der Waals surface area contributed by atoms with Crippen LogP contribution in [0, 0.1) is 5.82 Å². The Morgan fingerprint density at radius 2 is 1.83 bits per heavy atom. The number of pyridine rings is 1. The Hall–Kier alpha value is -3.25. The normalized spacial score (nSPS) is 13.1. The van der Waals surface area contributed by atoms with Crippen molar-refractivity contribution in [2.24, 2.45) is 0 Å². The Bertz CT molecular complexity index is 1200. The first-order valence-electron chi connectivity index (χ1n) is 9.55. The molecule has 0 bridgehead atoms. The van der Waals surface area contributed by atoms with Gasteiger partial charge in [-0.05, 0) is 60.9 Å². The van der Waals surface area contributed by atoms with Gasteiger partial charge in [-0.15, -0.1) is 0 Å². The number of fused-ring (bicyclic) bond motifs is 1. The number of carbonyl (C=O) groups excluding carboxylic acids is 2. The number of benzene rings is 2. The second-order valence-corrected chi connectivity index (χ2v) is 7.56. The second kappa shape index (κ2) is 8.24. The maximum atomic E-state index is 13.4. The van der Waals surface area contributed by atoms with Crippen LogP contribution in [0.4, 0.5) is 4.39 Å². The summed E-state index contributed by atoms with van der Waals surface area (Å²) in [5.41, 5.74) is 1.43. The van der Waals surface area contributed by atoms with Crippen LogP contribution in [0.1, 0.15) is 44.8 Å². The van der Waals surface area contributed by atoms with E-state index in [2.05, 4.69) is 5.32 Å².